The lowest BCUT2D eigenvalue weighted by Gasteiger charge is -2.14. The average Bonchev–Trinajstić information content (AvgIpc) is 2.67. The maximum atomic E-state index is 13.0. The van der Waals surface area contributed by atoms with E-state index in [-0.39, 0.29) is 10.5 Å². The van der Waals surface area contributed by atoms with Crippen molar-refractivity contribution < 1.29 is 13.2 Å². The van der Waals surface area contributed by atoms with Gasteiger partial charge in [0, 0.05) is 10.6 Å². The van der Waals surface area contributed by atoms with Gasteiger partial charge < -0.3 is 5.32 Å². The fourth-order valence-electron chi connectivity index (χ4n) is 2.95. The Balaban J connectivity index is 1.92. The fourth-order valence-corrected chi connectivity index (χ4v) is 4.69. The molecule has 0 aliphatic rings. The molecule has 2 N–H and O–H groups in total. The van der Waals surface area contributed by atoms with Crippen molar-refractivity contribution in [3.05, 3.63) is 86.9 Å². The first-order valence-electron chi connectivity index (χ1n) is 9.04. The van der Waals surface area contributed by atoms with Gasteiger partial charge in [-0.25, -0.2) is 8.42 Å². The molecule has 0 radical (unpaired) electrons. The average molecular weight is 463 g/mol. The number of aryl methyl sites for hydroxylation is 3. The summed E-state index contributed by atoms with van der Waals surface area (Å²) in [5.74, 6) is -0.498. The third-order valence-electron chi connectivity index (χ3n) is 4.54. The molecule has 0 heterocycles. The molecule has 0 saturated carbocycles. The second-order valence-corrected chi connectivity index (χ2v) is 9.48. The third-order valence-corrected chi connectivity index (χ3v) is 6.61. The van der Waals surface area contributed by atoms with E-state index in [9.17, 15) is 13.2 Å². The first-order chi connectivity index (χ1) is 14.1. The first kappa shape index (κ1) is 22.2. The van der Waals surface area contributed by atoms with Crippen LogP contribution in [0.15, 0.2) is 59.5 Å². The van der Waals surface area contributed by atoms with Gasteiger partial charge in [0.05, 0.1) is 21.3 Å². The standard InChI is InChI=1S/C22H20Cl2N2O3S/c1-13-4-9-19(15(3)10-13)26-30(28,29)21-11-16(6-5-14(21)2)22(27)25-20-12-17(23)7-8-18(20)24/h4-12,26H,1-3H3,(H,25,27). The lowest BCUT2D eigenvalue weighted by molar-refractivity contribution is 0.102. The maximum Gasteiger partial charge on any atom is 0.262 e. The molecule has 0 saturated heterocycles. The molecule has 0 aliphatic carbocycles. The number of hydrogen-bond donors (Lipinski definition) is 2. The van der Waals surface area contributed by atoms with Gasteiger partial charge in [0.15, 0.2) is 0 Å². The minimum atomic E-state index is -3.90. The fraction of sp³-hybridized carbons (Fsp3) is 0.136. The Morgan fingerprint density at radius 3 is 2.27 bits per heavy atom. The highest BCUT2D eigenvalue weighted by molar-refractivity contribution is 7.92. The molecule has 3 aromatic rings. The molecule has 0 spiro atoms. The monoisotopic (exact) mass is 462 g/mol. The van der Waals surface area contributed by atoms with Crippen LogP contribution in [-0.2, 0) is 10.0 Å². The van der Waals surface area contributed by atoms with Gasteiger partial charge in [-0.2, -0.15) is 0 Å². The summed E-state index contributed by atoms with van der Waals surface area (Å²) in [5.41, 5.74) is 3.36. The number of benzene rings is 3. The Labute approximate surface area is 186 Å². The van der Waals surface area contributed by atoms with Crippen LogP contribution in [0.2, 0.25) is 10.0 Å². The molecule has 8 heteroatoms. The second-order valence-electron chi connectivity index (χ2n) is 6.98. The van der Waals surface area contributed by atoms with Crippen LogP contribution in [0.25, 0.3) is 0 Å². The molecular weight excluding hydrogens is 443 g/mol. The number of halogens is 2. The number of amides is 1. The molecule has 1 amide bonds. The summed E-state index contributed by atoms with van der Waals surface area (Å²) in [6.45, 7) is 5.44. The summed E-state index contributed by atoms with van der Waals surface area (Å²) in [5, 5.41) is 3.40. The summed E-state index contributed by atoms with van der Waals surface area (Å²) in [6, 6.07) is 14.6. The molecule has 0 unspecified atom stereocenters. The van der Waals surface area contributed by atoms with Gasteiger partial charge in [-0.15, -0.1) is 0 Å². The van der Waals surface area contributed by atoms with Crippen LogP contribution in [0.1, 0.15) is 27.0 Å². The summed E-state index contributed by atoms with van der Waals surface area (Å²) >= 11 is 12.0. The van der Waals surface area contributed by atoms with Gasteiger partial charge in [0.1, 0.15) is 0 Å². The van der Waals surface area contributed by atoms with Crippen LogP contribution >= 0.6 is 23.2 Å². The topological polar surface area (TPSA) is 75.3 Å². The predicted octanol–water partition coefficient (Wildman–Crippen LogP) is 5.97. The van der Waals surface area contributed by atoms with Crippen molar-refractivity contribution in [3.8, 4) is 0 Å². The zero-order chi connectivity index (χ0) is 22.1. The summed E-state index contributed by atoms with van der Waals surface area (Å²) < 4.78 is 28.6. The van der Waals surface area contributed by atoms with Crippen LogP contribution in [0.5, 0.6) is 0 Å². The number of nitrogens with one attached hydrogen (secondary N) is 2. The Bertz CT molecular complexity index is 1240. The zero-order valence-corrected chi connectivity index (χ0v) is 18.9. The number of hydrogen-bond acceptors (Lipinski definition) is 3. The maximum absolute atomic E-state index is 13.0. The highest BCUT2D eigenvalue weighted by atomic mass is 35.5. The Morgan fingerprint density at radius 1 is 0.833 bits per heavy atom. The summed E-state index contributed by atoms with van der Waals surface area (Å²) in [7, 11) is -3.90. The molecule has 156 valence electrons. The summed E-state index contributed by atoms with van der Waals surface area (Å²) in [4.78, 5) is 12.7. The van der Waals surface area contributed by atoms with Crippen LogP contribution in [0, 0.1) is 20.8 Å². The van der Waals surface area contributed by atoms with E-state index < -0.39 is 15.9 Å². The number of anilines is 2. The van der Waals surface area contributed by atoms with Crippen molar-refractivity contribution in [2.75, 3.05) is 10.0 Å². The second kappa shape index (κ2) is 8.68. The van der Waals surface area contributed by atoms with E-state index in [0.717, 1.165) is 11.1 Å². The predicted molar refractivity (Wildman–Crippen MR) is 122 cm³/mol. The molecule has 0 aromatic heterocycles. The number of carbonyl (C=O) groups is 1. The number of rotatable bonds is 5. The normalized spacial score (nSPS) is 11.2. The molecule has 0 bridgehead atoms. The van der Waals surface area contributed by atoms with Crippen molar-refractivity contribution in [3.63, 3.8) is 0 Å². The molecule has 0 atom stereocenters. The quantitative estimate of drug-likeness (QED) is 0.490. The highest BCUT2D eigenvalue weighted by Crippen LogP contribution is 2.27. The van der Waals surface area contributed by atoms with E-state index in [1.54, 1.807) is 37.3 Å². The Kier molecular flexibility index (Phi) is 6.41. The Hall–Kier alpha value is -2.54. The van der Waals surface area contributed by atoms with Crippen LogP contribution < -0.4 is 10.0 Å². The summed E-state index contributed by atoms with van der Waals surface area (Å²) in [6.07, 6.45) is 0. The highest BCUT2D eigenvalue weighted by Gasteiger charge is 2.20. The largest absolute Gasteiger partial charge is 0.321 e. The smallest absolute Gasteiger partial charge is 0.262 e. The van der Waals surface area contributed by atoms with Crippen molar-refractivity contribution >= 4 is 50.5 Å². The van der Waals surface area contributed by atoms with Gasteiger partial charge in [0.2, 0.25) is 0 Å². The van der Waals surface area contributed by atoms with E-state index in [2.05, 4.69) is 10.0 Å². The Morgan fingerprint density at radius 2 is 1.57 bits per heavy atom. The first-order valence-corrected chi connectivity index (χ1v) is 11.3. The zero-order valence-electron chi connectivity index (χ0n) is 16.6. The molecule has 0 fully saturated rings. The van der Waals surface area contributed by atoms with Crippen molar-refractivity contribution in [1.29, 1.82) is 0 Å². The van der Waals surface area contributed by atoms with Gasteiger partial charge in [0.25, 0.3) is 15.9 Å². The van der Waals surface area contributed by atoms with Crippen molar-refractivity contribution in [2.24, 2.45) is 0 Å². The molecule has 5 nitrogen and oxygen atoms in total. The SMILES string of the molecule is Cc1ccc(NS(=O)(=O)c2cc(C(=O)Nc3cc(Cl)ccc3Cl)ccc2C)c(C)c1. The number of sulfonamides is 1. The lowest BCUT2D eigenvalue weighted by atomic mass is 10.1. The minimum absolute atomic E-state index is 0.0207. The molecule has 30 heavy (non-hydrogen) atoms. The van der Waals surface area contributed by atoms with E-state index in [1.807, 2.05) is 26.0 Å². The van der Waals surface area contributed by atoms with Gasteiger partial charge >= 0.3 is 0 Å². The van der Waals surface area contributed by atoms with Crippen LogP contribution in [0.3, 0.4) is 0 Å². The van der Waals surface area contributed by atoms with E-state index in [4.69, 9.17) is 23.2 Å². The minimum Gasteiger partial charge on any atom is -0.321 e. The van der Waals surface area contributed by atoms with E-state index in [1.165, 1.54) is 12.1 Å². The van der Waals surface area contributed by atoms with Crippen molar-refractivity contribution in [2.45, 2.75) is 25.7 Å². The lowest BCUT2D eigenvalue weighted by Crippen LogP contribution is -2.17. The molecule has 3 aromatic carbocycles. The van der Waals surface area contributed by atoms with Crippen molar-refractivity contribution in [1.82, 2.24) is 0 Å². The van der Waals surface area contributed by atoms with Gasteiger partial charge in [-0.1, -0.05) is 47.0 Å². The van der Waals surface area contributed by atoms with E-state index in [0.29, 0.717) is 27.0 Å². The molecular formula is C22H20Cl2N2O3S. The molecule has 0 aliphatic heterocycles. The third kappa shape index (κ3) is 4.95. The van der Waals surface area contributed by atoms with Crippen LogP contribution in [-0.4, -0.2) is 14.3 Å². The van der Waals surface area contributed by atoms with Crippen LogP contribution in [0.4, 0.5) is 11.4 Å². The molecule has 3 rings (SSSR count). The van der Waals surface area contributed by atoms with Gasteiger partial charge in [-0.05, 0) is 68.3 Å². The van der Waals surface area contributed by atoms with Gasteiger partial charge in [-0.3, -0.25) is 9.52 Å². The number of carbonyl (C=O) groups excluding carboxylic acids is 1. The van der Waals surface area contributed by atoms with E-state index >= 15 is 0 Å².